The molecular formula is C13H29N3O. The third-order valence-corrected chi connectivity index (χ3v) is 4.01. The minimum atomic E-state index is -0.459. The Morgan fingerprint density at radius 1 is 1.47 bits per heavy atom. The predicted octanol–water partition coefficient (Wildman–Crippen LogP) is 0.357. The van der Waals surface area contributed by atoms with Crippen molar-refractivity contribution in [2.45, 2.75) is 44.8 Å². The highest BCUT2D eigenvalue weighted by Gasteiger charge is 2.34. The molecule has 0 aromatic carbocycles. The van der Waals surface area contributed by atoms with Crippen molar-refractivity contribution in [3.8, 4) is 0 Å². The minimum absolute atomic E-state index is 0.0534. The molecule has 102 valence electrons. The SMILES string of the molecule is CC1CN(C(C)CC(C)(N)CO)CC1N(C)C. The van der Waals surface area contributed by atoms with Crippen LogP contribution < -0.4 is 5.73 Å². The Morgan fingerprint density at radius 3 is 2.47 bits per heavy atom. The van der Waals surface area contributed by atoms with E-state index < -0.39 is 5.54 Å². The molecule has 1 fully saturated rings. The van der Waals surface area contributed by atoms with Gasteiger partial charge in [0.05, 0.1) is 6.61 Å². The van der Waals surface area contributed by atoms with Gasteiger partial charge >= 0.3 is 0 Å². The summed E-state index contributed by atoms with van der Waals surface area (Å²) in [5.74, 6) is 0.700. The summed E-state index contributed by atoms with van der Waals surface area (Å²) in [6.45, 7) is 8.74. The zero-order chi connectivity index (χ0) is 13.2. The van der Waals surface area contributed by atoms with Gasteiger partial charge < -0.3 is 15.7 Å². The van der Waals surface area contributed by atoms with Crippen LogP contribution in [0.5, 0.6) is 0 Å². The van der Waals surface area contributed by atoms with E-state index >= 15 is 0 Å². The summed E-state index contributed by atoms with van der Waals surface area (Å²) < 4.78 is 0. The van der Waals surface area contributed by atoms with Gasteiger partial charge in [-0.3, -0.25) is 4.90 Å². The number of likely N-dealkylation sites (tertiary alicyclic amines) is 1. The van der Waals surface area contributed by atoms with E-state index in [1.54, 1.807) is 0 Å². The van der Waals surface area contributed by atoms with Crippen LogP contribution in [0.2, 0.25) is 0 Å². The lowest BCUT2D eigenvalue weighted by molar-refractivity contribution is 0.147. The molecule has 4 heteroatoms. The van der Waals surface area contributed by atoms with E-state index in [0.29, 0.717) is 18.0 Å². The fraction of sp³-hybridized carbons (Fsp3) is 1.00. The highest BCUT2D eigenvalue weighted by Crippen LogP contribution is 2.24. The van der Waals surface area contributed by atoms with Gasteiger partial charge in [-0.15, -0.1) is 0 Å². The lowest BCUT2D eigenvalue weighted by Crippen LogP contribution is -2.47. The smallest absolute Gasteiger partial charge is 0.0609 e. The molecule has 0 radical (unpaired) electrons. The molecule has 3 N–H and O–H groups in total. The molecule has 0 aromatic heterocycles. The molecule has 1 aliphatic heterocycles. The highest BCUT2D eigenvalue weighted by molar-refractivity contribution is 4.91. The zero-order valence-electron chi connectivity index (χ0n) is 12.0. The summed E-state index contributed by atoms with van der Waals surface area (Å²) in [6.07, 6.45) is 0.844. The van der Waals surface area contributed by atoms with E-state index in [2.05, 4.69) is 37.7 Å². The van der Waals surface area contributed by atoms with Crippen molar-refractivity contribution in [1.82, 2.24) is 9.80 Å². The van der Waals surface area contributed by atoms with E-state index in [1.807, 2.05) is 6.92 Å². The van der Waals surface area contributed by atoms with Crippen molar-refractivity contribution in [2.24, 2.45) is 11.7 Å². The van der Waals surface area contributed by atoms with Crippen LogP contribution >= 0.6 is 0 Å². The molecule has 0 bridgehead atoms. The number of aliphatic hydroxyl groups excluding tert-OH is 1. The van der Waals surface area contributed by atoms with Crippen LogP contribution in [0.3, 0.4) is 0 Å². The maximum absolute atomic E-state index is 9.23. The summed E-state index contributed by atoms with van der Waals surface area (Å²) in [4.78, 5) is 4.81. The molecule has 0 saturated carbocycles. The molecule has 0 spiro atoms. The lowest BCUT2D eigenvalue weighted by atomic mass is 9.95. The van der Waals surface area contributed by atoms with Gasteiger partial charge in [0.15, 0.2) is 0 Å². The Kier molecular flexibility index (Phi) is 4.95. The number of hydrogen-bond donors (Lipinski definition) is 2. The molecule has 1 aliphatic rings. The molecule has 1 heterocycles. The molecule has 0 aromatic rings. The third-order valence-electron chi connectivity index (χ3n) is 4.01. The molecule has 1 rings (SSSR count). The molecule has 17 heavy (non-hydrogen) atoms. The summed E-state index contributed by atoms with van der Waals surface area (Å²) in [7, 11) is 4.30. The van der Waals surface area contributed by atoms with Gasteiger partial charge in [-0.1, -0.05) is 6.92 Å². The van der Waals surface area contributed by atoms with Gasteiger partial charge in [-0.05, 0) is 40.3 Å². The third kappa shape index (κ3) is 3.91. The Morgan fingerprint density at radius 2 is 2.06 bits per heavy atom. The first kappa shape index (κ1) is 14.9. The van der Waals surface area contributed by atoms with Crippen molar-refractivity contribution >= 4 is 0 Å². The average molecular weight is 243 g/mol. The molecule has 4 nitrogen and oxygen atoms in total. The summed E-state index contributed by atoms with van der Waals surface area (Å²) in [5, 5.41) is 9.23. The summed E-state index contributed by atoms with van der Waals surface area (Å²) in [5.41, 5.74) is 5.57. The lowest BCUT2D eigenvalue weighted by Gasteiger charge is -2.32. The van der Waals surface area contributed by atoms with Crippen LogP contribution in [-0.2, 0) is 0 Å². The predicted molar refractivity (Wildman–Crippen MR) is 72.0 cm³/mol. The van der Waals surface area contributed by atoms with Gasteiger partial charge in [-0.2, -0.15) is 0 Å². The molecule has 0 aliphatic carbocycles. The quantitative estimate of drug-likeness (QED) is 0.732. The van der Waals surface area contributed by atoms with E-state index in [-0.39, 0.29) is 6.61 Å². The first-order chi connectivity index (χ1) is 7.76. The Labute approximate surface area is 106 Å². The number of nitrogens with zero attached hydrogens (tertiary/aromatic N) is 2. The second kappa shape index (κ2) is 5.65. The van der Waals surface area contributed by atoms with E-state index in [0.717, 1.165) is 19.5 Å². The van der Waals surface area contributed by atoms with Crippen LogP contribution in [0.15, 0.2) is 0 Å². The minimum Gasteiger partial charge on any atom is -0.394 e. The van der Waals surface area contributed by atoms with Gasteiger partial charge in [0, 0.05) is 30.7 Å². The Balaban J connectivity index is 2.53. The van der Waals surface area contributed by atoms with E-state index in [9.17, 15) is 5.11 Å². The monoisotopic (exact) mass is 243 g/mol. The van der Waals surface area contributed by atoms with Crippen molar-refractivity contribution < 1.29 is 5.11 Å². The fourth-order valence-corrected chi connectivity index (χ4v) is 2.89. The number of rotatable bonds is 5. The summed E-state index contributed by atoms with van der Waals surface area (Å²) >= 11 is 0. The fourth-order valence-electron chi connectivity index (χ4n) is 2.89. The summed E-state index contributed by atoms with van der Waals surface area (Å²) in [6, 6.07) is 1.07. The number of likely N-dealkylation sites (N-methyl/N-ethyl adjacent to an activating group) is 1. The Bertz CT molecular complexity index is 243. The van der Waals surface area contributed by atoms with Crippen molar-refractivity contribution in [3.63, 3.8) is 0 Å². The molecule has 4 unspecified atom stereocenters. The van der Waals surface area contributed by atoms with Crippen molar-refractivity contribution in [3.05, 3.63) is 0 Å². The normalized spacial score (nSPS) is 31.8. The first-order valence-electron chi connectivity index (χ1n) is 6.57. The van der Waals surface area contributed by atoms with Gasteiger partial charge in [-0.25, -0.2) is 0 Å². The number of hydrogen-bond acceptors (Lipinski definition) is 4. The maximum atomic E-state index is 9.23. The van der Waals surface area contributed by atoms with Gasteiger partial charge in [0.25, 0.3) is 0 Å². The zero-order valence-corrected chi connectivity index (χ0v) is 12.0. The number of nitrogens with two attached hydrogens (primary N) is 1. The van der Waals surface area contributed by atoms with Crippen molar-refractivity contribution in [2.75, 3.05) is 33.8 Å². The van der Waals surface area contributed by atoms with Crippen molar-refractivity contribution in [1.29, 1.82) is 0 Å². The van der Waals surface area contributed by atoms with Crippen LogP contribution in [0.4, 0.5) is 0 Å². The number of aliphatic hydroxyl groups is 1. The van der Waals surface area contributed by atoms with Crippen LogP contribution in [0.25, 0.3) is 0 Å². The topological polar surface area (TPSA) is 52.7 Å². The highest BCUT2D eigenvalue weighted by atomic mass is 16.3. The second-order valence-electron chi connectivity index (χ2n) is 6.33. The van der Waals surface area contributed by atoms with E-state index in [4.69, 9.17) is 5.73 Å². The maximum Gasteiger partial charge on any atom is 0.0609 e. The van der Waals surface area contributed by atoms with Gasteiger partial charge in [0.2, 0.25) is 0 Å². The van der Waals surface area contributed by atoms with Crippen LogP contribution in [0.1, 0.15) is 27.2 Å². The van der Waals surface area contributed by atoms with Crippen LogP contribution in [-0.4, -0.2) is 66.3 Å². The molecule has 1 saturated heterocycles. The average Bonchev–Trinajstić information content (AvgIpc) is 2.60. The molecule has 4 atom stereocenters. The molecule has 0 amide bonds. The Hall–Kier alpha value is -0.160. The second-order valence-corrected chi connectivity index (χ2v) is 6.33. The van der Waals surface area contributed by atoms with Crippen LogP contribution in [0, 0.1) is 5.92 Å². The van der Waals surface area contributed by atoms with E-state index in [1.165, 1.54) is 0 Å². The molecular weight excluding hydrogens is 214 g/mol. The van der Waals surface area contributed by atoms with Gasteiger partial charge in [0.1, 0.15) is 0 Å². The first-order valence-corrected chi connectivity index (χ1v) is 6.57. The largest absolute Gasteiger partial charge is 0.394 e. The standard InChI is InChI=1S/C13H29N3O/c1-10-7-16(8-12(10)15(4)5)11(2)6-13(3,14)9-17/h10-12,17H,6-9,14H2,1-5H3.